The molecular weight excluding hydrogens is 469 g/mol. The molecule has 0 aromatic heterocycles. The molecule has 0 bridgehead atoms. The lowest BCUT2D eigenvalue weighted by atomic mass is 10.1. The van der Waals surface area contributed by atoms with Gasteiger partial charge in [0.25, 0.3) is 15.9 Å². The van der Waals surface area contributed by atoms with E-state index in [1.165, 1.54) is 18.2 Å². The highest BCUT2D eigenvalue weighted by molar-refractivity contribution is 7.92. The quantitative estimate of drug-likeness (QED) is 0.560. The van der Waals surface area contributed by atoms with E-state index in [4.69, 9.17) is 23.2 Å². The van der Waals surface area contributed by atoms with Crippen LogP contribution >= 0.6 is 23.2 Å². The summed E-state index contributed by atoms with van der Waals surface area (Å²) in [6.07, 6.45) is 0. The highest BCUT2D eigenvalue weighted by Gasteiger charge is 2.22. The van der Waals surface area contributed by atoms with Gasteiger partial charge in [0.15, 0.2) is 0 Å². The van der Waals surface area contributed by atoms with Gasteiger partial charge < -0.3 is 9.80 Å². The second kappa shape index (κ2) is 9.40. The topological polar surface area (TPSA) is 69.7 Å². The van der Waals surface area contributed by atoms with Crippen LogP contribution in [0.15, 0.2) is 77.7 Å². The van der Waals surface area contributed by atoms with Crippen molar-refractivity contribution in [1.82, 2.24) is 4.90 Å². The number of benzene rings is 3. The smallest absolute Gasteiger partial charge is 0.261 e. The third kappa shape index (κ3) is 5.01. The van der Waals surface area contributed by atoms with E-state index < -0.39 is 10.0 Å². The molecule has 1 aliphatic heterocycles. The maximum atomic E-state index is 12.9. The Bertz CT molecular complexity index is 1210. The van der Waals surface area contributed by atoms with Gasteiger partial charge in [-0.2, -0.15) is 0 Å². The number of para-hydroxylation sites is 1. The third-order valence-electron chi connectivity index (χ3n) is 5.27. The van der Waals surface area contributed by atoms with Crippen LogP contribution in [-0.4, -0.2) is 45.4 Å². The van der Waals surface area contributed by atoms with Crippen LogP contribution < -0.4 is 9.62 Å². The zero-order chi connectivity index (χ0) is 22.7. The van der Waals surface area contributed by atoms with Crippen molar-refractivity contribution in [3.05, 3.63) is 88.4 Å². The molecule has 1 heterocycles. The van der Waals surface area contributed by atoms with E-state index in [0.29, 0.717) is 24.3 Å². The number of nitrogens with zero attached hydrogens (tertiary/aromatic N) is 2. The first kappa shape index (κ1) is 22.5. The van der Waals surface area contributed by atoms with Crippen molar-refractivity contribution < 1.29 is 13.2 Å². The summed E-state index contributed by atoms with van der Waals surface area (Å²) in [4.78, 5) is 16.9. The molecule has 0 spiro atoms. The molecule has 4 rings (SSSR count). The van der Waals surface area contributed by atoms with E-state index in [-0.39, 0.29) is 20.8 Å². The van der Waals surface area contributed by atoms with Crippen molar-refractivity contribution in [3.8, 4) is 0 Å². The minimum Gasteiger partial charge on any atom is -0.368 e. The molecule has 0 atom stereocenters. The van der Waals surface area contributed by atoms with Crippen LogP contribution in [0, 0.1) is 0 Å². The molecule has 9 heteroatoms. The SMILES string of the molecule is O=C(c1ccc(NS(=O)(=O)c2ccc(Cl)c(Cl)c2)cc1)N1CCN(c2ccccc2)CC1. The Morgan fingerprint density at radius 2 is 1.47 bits per heavy atom. The fourth-order valence-electron chi connectivity index (χ4n) is 3.53. The minimum absolute atomic E-state index is 0.00309. The van der Waals surface area contributed by atoms with Gasteiger partial charge in [-0.05, 0) is 54.6 Å². The van der Waals surface area contributed by atoms with Crippen molar-refractivity contribution in [2.45, 2.75) is 4.90 Å². The summed E-state index contributed by atoms with van der Waals surface area (Å²) in [6.45, 7) is 2.77. The molecule has 3 aromatic carbocycles. The molecule has 1 N–H and O–H groups in total. The van der Waals surface area contributed by atoms with Crippen molar-refractivity contribution in [2.75, 3.05) is 35.8 Å². The largest absolute Gasteiger partial charge is 0.368 e. The predicted octanol–water partition coefficient (Wildman–Crippen LogP) is 4.76. The highest BCUT2D eigenvalue weighted by atomic mass is 35.5. The van der Waals surface area contributed by atoms with E-state index in [1.54, 1.807) is 24.3 Å². The molecule has 3 aromatic rings. The Morgan fingerprint density at radius 1 is 0.812 bits per heavy atom. The van der Waals surface area contributed by atoms with Crippen molar-refractivity contribution in [3.63, 3.8) is 0 Å². The number of hydrogen-bond donors (Lipinski definition) is 1. The molecule has 1 saturated heterocycles. The Labute approximate surface area is 197 Å². The minimum atomic E-state index is -3.83. The summed E-state index contributed by atoms with van der Waals surface area (Å²) >= 11 is 11.8. The number of rotatable bonds is 5. The summed E-state index contributed by atoms with van der Waals surface area (Å²) < 4.78 is 27.7. The molecule has 1 aliphatic rings. The number of anilines is 2. The fourth-order valence-corrected chi connectivity index (χ4v) is 4.98. The Morgan fingerprint density at radius 3 is 2.09 bits per heavy atom. The fraction of sp³-hybridized carbons (Fsp3) is 0.174. The first-order valence-electron chi connectivity index (χ1n) is 10.0. The number of nitrogens with one attached hydrogen (secondary N) is 1. The second-order valence-corrected chi connectivity index (χ2v) is 9.87. The van der Waals surface area contributed by atoms with Crippen LogP contribution in [0.4, 0.5) is 11.4 Å². The van der Waals surface area contributed by atoms with Gasteiger partial charge in [0, 0.05) is 43.1 Å². The summed E-state index contributed by atoms with van der Waals surface area (Å²) in [6, 6.07) is 20.6. The maximum Gasteiger partial charge on any atom is 0.261 e. The second-order valence-electron chi connectivity index (χ2n) is 7.37. The number of piperazine rings is 1. The first-order chi connectivity index (χ1) is 15.3. The molecule has 1 fully saturated rings. The molecule has 32 heavy (non-hydrogen) atoms. The van der Waals surface area contributed by atoms with Gasteiger partial charge in [-0.3, -0.25) is 9.52 Å². The lowest BCUT2D eigenvalue weighted by Crippen LogP contribution is -2.48. The van der Waals surface area contributed by atoms with Gasteiger partial charge >= 0.3 is 0 Å². The number of carbonyl (C=O) groups excluding carboxylic acids is 1. The van der Waals surface area contributed by atoms with Crippen molar-refractivity contribution in [1.29, 1.82) is 0 Å². The molecule has 166 valence electrons. The Balaban J connectivity index is 1.39. The van der Waals surface area contributed by atoms with E-state index in [2.05, 4.69) is 21.8 Å². The van der Waals surface area contributed by atoms with Gasteiger partial charge in [0.05, 0.1) is 14.9 Å². The Hall–Kier alpha value is -2.74. The van der Waals surface area contributed by atoms with E-state index >= 15 is 0 Å². The average Bonchev–Trinajstić information content (AvgIpc) is 2.81. The van der Waals surface area contributed by atoms with Gasteiger partial charge in [-0.25, -0.2) is 8.42 Å². The molecule has 0 radical (unpaired) electrons. The van der Waals surface area contributed by atoms with Gasteiger partial charge in [0.2, 0.25) is 0 Å². The average molecular weight is 490 g/mol. The maximum absolute atomic E-state index is 12.9. The summed E-state index contributed by atoms with van der Waals surface area (Å²) in [7, 11) is -3.83. The molecular formula is C23H21Cl2N3O3S. The summed E-state index contributed by atoms with van der Waals surface area (Å²) in [5, 5.41) is 0.431. The van der Waals surface area contributed by atoms with Crippen LogP contribution in [-0.2, 0) is 10.0 Å². The summed E-state index contributed by atoms with van der Waals surface area (Å²) in [5.41, 5.74) is 2.01. The molecule has 6 nitrogen and oxygen atoms in total. The third-order valence-corrected chi connectivity index (χ3v) is 7.39. The van der Waals surface area contributed by atoms with Crippen LogP contribution in [0.2, 0.25) is 10.0 Å². The van der Waals surface area contributed by atoms with Crippen molar-refractivity contribution >= 4 is 50.5 Å². The zero-order valence-corrected chi connectivity index (χ0v) is 19.4. The number of amides is 1. The zero-order valence-electron chi connectivity index (χ0n) is 17.0. The number of halogens is 2. The number of hydrogen-bond acceptors (Lipinski definition) is 4. The molecule has 1 amide bonds. The van der Waals surface area contributed by atoms with E-state index in [1.807, 2.05) is 23.1 Å². The lowest BCUT2D eigenvalue weighted by Gasteiger charge is -2.36. The monoisotopic (exact) mass is 489 g/mol. The van der Waals surface area contributed by atoms with Crippen LogP contribution in [0.25, 0.3) is 0 Å². The van der Waals surface area contributed by atoms with E-state index in [0.717, 1.165) is 18.8 Å². The molecule has 0 aliphatic carbocycles. The van der Waals surface area contributed by atoms with Gasteiger partial charge in [-0.15, -0.1) is 0 Å². The number of sulfonamides is 1. The highest BCUT2D eigenvalue weighted by Crippen LogP contribution is 2.26. The molecule has 0 saturated carbocycles. The Kier molecular flexibility index (Phi) is 6.60. The normalized spacial score (nSPS) is 14.3. The lowest BCUT2D eigenvalue weighted by molar-refractivity contribution is 0.0747. The van der Waals surface area contributed by atoms with Gasteiger partial charge in [0.1, 0.15) is 0 Å². The van der Waals surface area contributed by atoms with Gasteiger partial charge in [-0.1, -0.05) is 41.4 Å². The van der Waals surface area contributed by atoms with Crippen molar-refractivity contribution in [2.24, 2.45) is 0 Å². The number of carbonyl (C=O) groups is 1. The molecule has 0 unspecified atom stereocenters. The van der Waals surface area contributed by atoms with Crippen LogP contribution in [0.1, 0.15) is 10.4 Å². The standard InChI is InChI=1S/C23H21Cl2N3O3S/c24-21-11-10-20(16-22(21)25)32(30,31)26-18-8-6-17(7-9-18)23(29)28-14-12-27(13-15-28)19-4-2-1-3-5-19/h1-11,16,26H,12-15H2. The predicted molar refractivity (Wildman–Crippen MR) is 128 cm³/mol. The van der Waals surface area contributed by atoms with Crippen LogP contribution in [0.5, 0.6) is 0 Å². The van der Waals surface area contributed by atoms with Crippen LogP contribution in [0.3, 0.4) is 0 Å². The first-order valence-corrected chi connectivity index (χ1v) is 12.2. The van der Waals surface area contributed by atoms with E-state index in [9.17, 15) is 13.2 Å². The summed E-state index contributed by atoms with van der Waals surface area (Å²) in [5.74, 6) is -0.0726.